The Hall–Kier alpha value is -3.81. The molecule has 1 unspecified atom stereocenters. The molecule has 3 N–H and O–H groups in total. The van der Waals surface area contributed by atoms with Gasteiger partial charge in [0.15, 0.2) is 5.78 Å². The topological polar surface area (TPSA) is 126 Å². The average molecular weight is 470 g/mol. The Labute approximate surface area is 198 Å². The van der Waals surface area contributed by atoms with Gasteiger partial charge in [0, 0.05) is 18.2 Å². The second-order valence-electron chi connectivity index (χ2n) is 7.95. The lowest BCUT2D eigenvalue weighted by atomic mass is 9.99. The molecule has 1 amide bonds. The van der Waals surface area contributed by atoms with Gasteiger partial charge < -0.3 is 19.4 Å². The van der Waals surface area contributed by atoms with E-state index in [4.69, 9.17) is 14.3 Å². The van der Waals surface area contributed by atoms with Crippen molar-refractivity contribution in [3.05, 3.63) is 75.5 Å². The van der Waals surface area contributed by atoms with E-state index in [2.05, 4.69) is 12.2 Å². The van der Waals surface area contributed by atoms with Gasteiger partial charge in [-0.1, -0.05) is 38.5 Å². The van der Waals surface area contributed by atoms with Crippen LogP contribution in [0.3, 0.4) is 0 Å². The molecule has 0 radical (unpaired) electrons. The Bertz CT molecular complexity index is 1100. The molecule has 34 heavy (non-hydrogen) atoms. The predicted molar refractivity (Wildman–Crippen MR) is 129 cm³/mol. The number of Topliss-reactive ketones (excluding diaryl/α,β-unsaturated/α-hetero) is 1. The number of aromatic hydroxyl groups is 1. The molecule has 8 nitrogen and oxygen atoms in total. The van der Waals surface area contributed by atoms with E-state index in [1.165, 1.54) is 12.3 Å². The fourth-order valence-corrected chi connectivity index (χ4v) is 3.16. The SMILES string of the molecule is CCCCOc1ccc(/C=C(\C)C(=O)c2c(O)cc(C(C)CCC=CNC(=O)O)oc2=O)cc1. The minimum Gasteiger partial charge on any atom is -0.507 e. The van der Waals surface area contributed by atoms with E-state index in [9.17, 15) is 19.5 Å². The number of carboxylic acid groups (broad SMARTS) is 1. The minimum absolute atomic E-state index is 0.230. The van der Waals surface area contributed by atoms with Crippen molar-refractivity contribution in [2.45, 2.75) is 52.4 Å². The quantitative estimate of drug-likeness (QED) is 0.214. The number of rotatable bonds is 12. The maximum Gasteiger partial charge on any atom is 0.408 e. The number of unbranched alkanes of at least 4 members (excludes halogenated alkanes) is 1. The molecule has 0 spiro atoms. The highest BCUT2D eigenvalue weighted by Crippen LogP contribution is 2.26. The molecule has 8 heteroatoms. The van der Waals surface area contributed by atoms with Crippen molar-refractivity contribution in [2.75, 3.05) is 6.61 Å². The van der Waals surface area contributed by atoms with Crippen LogP contribution in [0.5, 0.6) is 11.5 Å². The fourth-order valence-electron chi connectivity index (χ4n) is 3.16. The predicted octanol–water partition coefficient (Wildman–Crippen LogP) is 5.48. The number of allylic oxidation sites excluding steroid dienone is 2. The van der Waals surface area contributed by atoms with E-state index in [1.54, 1.807) is 26.0 Å². The van der Waals surface area contributed by atoms with Gasteiger partial charge in [0.05, 0.1) is 6.61 Å². The highest BCUT2D eigenvalue weighted by atomic mass is 16.5. The maximum atomic E-state index is 12.8. The summed E-state index contributed by atoms with van der Waals surface area (Å²) in [6.07, 6.45) is 6.52. The Morgan fingerprint density at radius 2 is 1.94 bits per heavy atom. The molecule has 0 bridgehead atoms. The zero-order valence-corrected chi connectivity index (χ0v) is 19.7. The molecule has 0 saturated carbocycles. The molecule has 1 atom stereocenters. The van der Waals surface area contributed by atoms with Gasteiger partial charge in [0.2, 0.25) is 0 Å². The van der Waals surface area contributed by atoms with Gasteiger partial charge in [0.25, 0.3) is 0 Å². The van der Waals surface area contributed by atoms with Crippen LogP contribution in [0.1, 0.15) is 74.1 Å². The van der Waals surface area contributed by atoms with Crippen LogP contribution in [0, 0.1) is 0 Å². The summed E-state index contributed by atoms with van der Waals surface area (Å²) in [5.41, 5.74) is -0.274. The Morgan fingerprint density at radius 3 is 2.56 bits per heavy atom. The number of nitrogens with one attached hydrogen (secondary N) is 1. The summed E-state index contributed by atoms with van der Waals surface area (Å²) in [6, 6.07) is 8.54. The highest BCUT2D eigenvalue weighted by Gasteiger charge is 2.22. The second-order valence-corrected chi connectivity index (χ2v) is 7.95. The zero-order chi connectivity index (χ0) is 25.1. The minimum atomic E-state index is -1.15. The number of ketones is 1. The molecular weight excluding hydrogens is 438 g/mol. The number of hydrogen-bond acceptors (Lipinski definition) is 6. The van der Waals surface area contributed by atoms with E-state index < -0.39 is 28.8 Å². The van der Waals surface area contributed by atoms with Crippen molar-refractivity contribution in [3.63, 3.8) is 0 Å². The van der Waals surface area contributed by atoms with Gasteiger partial charge in [-0.25, -0.2) is 9.59 Å². The zero-order valence-electron chi connectivity index (χ0n) is 19.7. The lowest BCUT2D eigenvalue weighted by molar-refractivity contribution is 0.102. The molecule has 0 fully saturated rings. The van der Waals surface area contributed by atoms with Crippen LogP contribution < -0.4 is 15.7 Å². The molecule has 0 aliphatic heterocycles. The molecular formula is C26H31NO7. The van der Waals surface area contributed by atoms with E-state index in [0.717, 1.165) is 24.2 Å². The number of carbonyl (C=O) groups is 2. The van der Waals surface area contributed by atoms with Crippen molar-refractivity contribution in [2.24, 2.45) is 0 Å². The van der Waals surface area contributed by atoms with Gasteiger partial charge in [-0.2, -0.15) is 0 Å². The smallest absolute Gasteiger partial charge is 0.408 e. The molecule has 2 aromatic rings. The number of hydrogen-bond donors (Lipinski definition) is 3. The third kappa shape index (κ3) is 7.95. The summed E-state index contributed by atoms with van der Waals surface area (Å²) in [5, 5.41) is 21.0. The van der Waals surface area contributed by atoms with E-state index in [-0.39, 0.29) is 17.3 Å². The maximum absolute atomic E-state index is 12.8. The van der Waals surface area contributed by atoms with Gasteiger partial charge in [-0.05, 0) is 55.5 Å². The molecule has 1 heterocycles. The Morgan fingerprint density at radius 1 is 1.24 bits per heavy atom. The number of carbonyl (C=O) groups excluding carboxylic acids is 1. The van der Waals surface area contributed by atoms with Gasteiger partial charge in [-0.15, -0.1) is 0 Å². The van der Waals surface area contributed by atoms with Crippen molar-refractivity contribution >= 4 is 18.0 Å². The summed E-state index contributed by atoms with van der Waals surface area (Å²) in [5.74, 6) is -0.285. The average Bonchev–Trinajstić information content (AvgIpc) is 2.79. The normalized spacial score (nSPS) is 12.5. The summed E-state index contributed by atoms with van der Waals surface area (Å²) < 4.78 is 10.9. The van der Waals surface area contributed by atoms with Crippen LogP contribution >= 0.6 is 0 Å². The lowest BCUT2D eigenvalue weighted by Crippen LogP contribution is -2.16. The van der Waals surface area contributed by atoms with Gasteiger partial charge in [0.1, 0.15) is 22.8 Å². The first kappa shape index (κ1) is 26.4. The third-order valence-corrected chi connectivity index (χ3v) is 5.14. The molecule has 0 aliphatic carbocycles. The molecule has 2 rings (SSSR count). The van der Waals surface area contributed by atoms with Crippen molar-refractivity contribution < 1.29 is 29.0 Å². The third-order valence-electron chi connectivity index (χ3n) is 5.14. The van der Waals surface area contributed by atoms with E-state index in [1.807, 2.05) is 24.3 Å². The standard InChI is InChI=1S/C26H31NO7/c1-4-5-14-33-20-11-9-19(10-12-20)15-18(3)24(29)23-21(28)16-22(34-25(23)30)17(2)8-6-7-13-27-26(31)32/h7,9-13,15-17,27-28H,4-6,8,14H2,1-3H3,(H,31,32)/b13-7?,18-15+. The van der Waals surface area contributed by atoms with Crippen LogP contribution in [0.4, 0.5) is 4.79 Å². The van der Waals surface area contributed by atoms with Crippen molar-refractivity contribution in [1.29, 1.82) is 0 Å². The lowest BCUT2D eigenvalue weighted by Gasteiger charge is -2.11. The fraction of sp³-hybridized carbons (Fsp3) is 0.346. The van der Waals surface area contributed by atoms with E-state index in [0.29, 0.717) is 19.4 Å². The monoisotopic (exact) mass is 469 g/mol. The molecule has 0 saturated heterocycles. The molecule has 1 aromatic carbocycles. The van der Waals surface area contributed by atoms with Crippen LogP contribution in [-0.4, -0.2) is 28.7 Å². The first-order valence-electron chi connectivity index (χ1n) is 11.2. The van der Waals surface area contributed by atoms with Crippen LogP contribution in [0.25, 0.3) is 6.08 Å². The number of amides is 1. The van der Waals surface area contributed by atoms with Crippen molar-refractivity contribution in [1.82, 2.24) is 5.32 Å². The first-order valence-corrected chi connectivity index (χ1v) is 11.2. The summed E-state index contributed by atoms with van der Waals surface area (Å²) in [4.78, 5) is 35.8. The molecule has 0 aliphatic rings. The van der Waals surface area contributed by atoms with E-state index >= 15 is 0 Å². The number of ether oxygens (including phenoxy) is 1. The largest absolute Gasteiger partial charge is 0.507 e. The summed E-state index contributed by atoms with van der Waals surface area (Å²) in [7, 11) is 0. The van der Waals surface area contributed by atoms with Crippen LogP contribution in [-0.2, 0) is 0 Å². The number of benzene rings is 1. The molecule has 182 valence electrons. The van der Waals surface area contributed by atoms with Gasteiger partial charge >= 0.3 is 11.7 Å². The summed E-state index contributed by atoms with van der Waals surface area (Å²) >= 11 is 0. The van der Waals surface area contributed by atoms with Crippen LogP contribution in [0.2, 0.25) is 0 Å². The first-order chi connectivity index (χ1) is 16.2. The Balaban J connectivity index is 2.09. The Kier molecular flexibility index (Phi) is 10.1. The van der Waals surface area contributed by atoms with Crippen molar-refractivity contribution in [3.8, 4) is 11.5 Å². The molecule has 1 aromatic heterocycles. The second kappa shape index (κ2) is 13.0. The van der Waals surface area contributed by atoms with Gasteiger partial charge in [-0.3, -0.25) is 10.1 Å². The van der Waals surface area contributed by atoms with Crippen LogP contribution in [0.15, 0.2) is 57.4 Å². The summed E-state index contributed by atoms with van der Waals surface area (Å²) in [6.45, 7) is 6.11. The highest BCUT2D eigenvalue weighted by molar-refractivity contribution is 6.12.